The van der Waals surface area contributed by atoms with Crippen LogP contribution in [0.3, 0.4) is 0 Å². The molecule has 6 nitrogen and oxygen atoms in total. The van der Waals surface area contributed by atoms with Crippen molar-refractivity contribution in [3.63, 3.8) is 0 Å². The Labute approximate surface area is 369 Å². The van der Waals surface area contributed by atoms with Crippen LogP contribution in [-0.2, 0) is 19.1 Å². The highest BCUT2D eigenvalue weighted by Crippen LogP contribution is 2.25. The number of hydrogen-bond acceptors (Lipinski definition) is 6. The van der Waals surface area contributed by atoms with Gasteiger partial charge in [0.15, 0.2) is 0 Å². The molecular formula is C53H105NO5. The predicted molar refractivity (Wildman–Crippen MR) is 255 cm³/mol. The van der Waals surface area contributed by atoms with Gasteiger partial charge in [-0.1, -0.05) is 214 Å². The average molecular weight is 836 g/mol. The molecule has 0 unspecified atom stereocenters. The number of carbonyl (C=O) groups is 2. The van der Waals surface area contributed by atoms with Gasteiger partial charge in [0.25, 0.3) is 0 Å². The van der Waals surface area contributed by atoms with Crippen molar-refractivity contribution in [3.8, 4) is 0 Å². The minimum Gasteiger partial charge on any atom is -0.465 e. The number of aliphatic hydroxyl groups is 1. The summed E-state index contributed by atoms with van der Waals surface area (Å²) in [6, 6.07) is 0. The molecule has 0 aliphatic heterocycles. The normalized spacial score (nSPS) is 11.9. The first-order valence-electron chi connectivity index (χ1n) is 26.4. The van der Waals surface area contributed by atoms with E-state index in [2.05, 4.69) is 39.5 Å². The highest BCUT2D eigenvalue weighted by atomic mass is 16.5. The van der Waals surface area contributed by atoms with Gasteiger partial charge in [-0.15, -0.1) is 0 Å². The Morgan fingerprint density at radius 2 is 0.814 bits per heavy atom. The lowest BCUT2D eigenvalue weighted by Crippen LogP contribution is -2.28. The maximum Gasteiger partial charge on any atom is 0.305 e. The first kappa shape index (κ1) is 57.9. The smallest absolute Gasteiger partial charge is 0.305 e. The van der Waals surface area contributed by atoms with Gasteiger partial charge in [-0.3, -0.25) is 9.59 Å². The van der Waals surface area contributed by atoms with Crippen LogP contribution in [0.25, 0.3) is 0 Å². The van der Waals surface area contributed by atoms with Gasteiger partial charge in [0, 0.05) is 26.0 Å². The van der Waals surface area contributed by atoms with E-state index in [0.29, 0.717) is 32.0 Å². The third-order valence-electron chi connectivity index (χ3n) is 12.6. The largest absolute Gasteiger partial charge is 0.465 e. The van der Waals surface area contributed by atoms with E-state index in [1.165, 1.54) is 167 Å². The molecule has 0 heterocycles. The zero-order chi connectivity index (χ0) is 43.3. The third-order valence-corrected chi connectivity index (χ3v) is 12.6. The molecule has 0 bridgehead atoms. The first-order chi connectivity index (χ1) is 28.8. The molecule has 0 aliphatic carbocycles. The molecular weight excluding hydrogens is 731 g/mol. The van der Waals surface area contributed by atoms with Crippen molar-refractivity contribution in [2.24, 2.45) is 11.3 Å². The number of carbonyl (C=O) groups excluding carboxylic acids is 2. The van der Waals surface area contributed by atoms with Crippen LogP contribution in [0.5, 0.6) is 0 Å². The summed E-state index contributed by atoms with van der Waals surface area (Å²) in [5, 5.41) is 9.48. The maximum absolute atomic E-state index is 12.7. The van der Waals surface area contributed by atoms with Gasteiger partial charge in [-0.2, -0.15) is 0 Å². The van der Waals surface area contributed by atoms with Crippen molar-refractivity contribution in [3.05, 3.63) is 0 Å². The Bertz CT molecular complexity index is 858. The highest BCUT2D eigenvalue weighted by molar-refractivity contribution is 5.69. The summed E-state index contributed by atoms with van der Waals surface area (Å²) in [5.74, 6) is 0.499. The van der Waals surface area contributed by atoms with Gasteiger partial charge >= 0.3 is 11.9 Å². The number of nitrogens with zero attached hydrogens (tertiary/aromatic N) is 1. The minimum atomic E-state index is -0.0298. The van der Waals surface area contributed by atoms with Crippen molar-refractivity contribution >= 4 is 11.9 Å². The molecule has 0 fully saturated rings. The number of esters is 2. The van der Waals surface area contributed by atoms with Gasteiger partial charge < -0.3 is 19.5 Å². The molecule has 0 radical (unpaired) electrons. The van der Waals surface area contributed by atoms with Crippen LogP contribution in [-0.4, -0.2) is 61.4 Å². The molecule has 0 aromatic heterocycles. The fraction of sp³-hybridized carbons (Fsp3) is 0.962. The van der Waals surface area contributed by atoms with E-state index in [1.807, 2.05) is 0 Å². The molecule has 0 spiro atoms. The van der Waals surface area contributed by atoms with Gasteiger partial charge in [-0.25, -0.2) is 0 Å². The van der Waals surface area contributed by atoms with Gasteiger partial charge in [0.1, 0.15) is 0 Å². The lowest BCUT2D eigenvalue weighted by Gasteiger charge is -2.25. The SMILES string of the molecule is CCCCCCCCCCCC(=O)OCC(C)(C)CCCCCN(CCCO)CCCCCCC(=O)OCC(CCCCCCCCCC)CCCCCCCCCC. The molecule has 0 aliphatic rings. The molecule has 0 atom stereocenters. The quantitative estimate of drug-likeness (QED) is 0.0486. The van der Waals surface area contributed by atoms with Crippen molar-refractivity contribution in [1.29, 1.82) is 0 Å². The molecule has 0 saturated heterocycles. The number of aliphatic hydroxyl groups excluding tert-OH is 1. The van der Waals surface area contributed by atoms with Crippen molar-refractivity contribution in [1.82, 2.24) is 4.90 Å². The second kappa shape index (κ2) is 44.9. The van der Waals surface area contributed by atoms with Crippen LogP contribution in [0.15, 0.2) is 0 Å². The molecule has 0 aromatic carbocycles. The summed E-state index contributed by atoms with van der Waals surface area (Å²) in [4.78, 5) is 27.6. The first-order valence-corrected chi connectivity index (χ1v) is 26.4. The Morgan fingerprint density at radius 1 is 0.458 bits per heavy atom. The summed E-state index contributed by atoms with van der Waals surface area (Å²) < 4.78 is 11.6. The number of rotatable bonds is 48. The van der Waals surface area contributed by atoms with E-state index in [1.54, 1.807) is 0 Å². The number of unbranched alkanes of at least 4 members (excludes halogenated alkanes) is 27. The summed E-state index contributed by atoms with van der Waals surface area (Å²) in [6.45, 7) is 15.7. The minimum absolute atomic E-state index is 0.00171. The lowest BCUT2D eigenvalue weighted by molar-refractivity contribution is -0.147. The topological polar surface area (TPSA) is 76.1 Å². The predicted octanol–water partition coefficient (Wildman–Crippen LogP) is 15.9. The van der Waals surface area contributed by atoms with E-state index in [-0.39, 0.29) is 24.0 Å². The number of ether oxygens (including phenoxy) is 2. The molecule has 0 saturated carbocycles. The van der Waals surface area contributed by atoms with Crippen LogP contribution in [0.1, 0.15) is 279 Å². The molecule has 0 aromatic rings. The zero-order valence-electron chi connectivity index (χ0n) is 40.7. The van der Waals surface area contributed by atoms with Gasteiger partial charge in [-0.05, 0) is 75.8 Å². The lowest BCUT2D eigenvalue weighted by atomic mass is 9.88. The van der Waals surface area contributed by atoms with E-state index in [9.17, 15) is 14.7 Å². The average Bonchev–Trinajstić information content (AvgIpc) is 3.22. The monoisotopic (exact) mass is 836 g/mol. The summed E-state index contributed by atoms with van der Waals surface area (Å²) in [7, 11) is 0. The van der Waals surface area contributed by atoms with Crippen molar-refractivity contribution in [2.45, 2.75) is 279 Å². The second-order valence-corrected chi connectivity index (χ2v) is 19.4. The van der Waals surface area contributed by atoms with Crippen LogP contribution in [0.2, 0.25) is 0 Å². The fourth-order valence-corrected chi connectivity index (χ4v) is 8.43. The molecule has 0 rings (SSSR count). The highest BCUT2D eigenvalue weighted by Gasteiger charge is 2.20. The van der Waals surface area contributed by atoms with Gasteiger partial charge in [0.05, 0.1) is 13.2 Å². The fourth-order valence-electron chi connectivity index (χ4n) is 8.43. The maximum atomic E-state index is 12.7. The van der Waals surface area contributed by atoms with Crippen LogP contribution < -0.4 is 0 Å². The Morgan fingerprint density at radius 3 is 1.25 bits per heavy atom. The molecule has 6 heteroatoms. The van der Waals surface area contributed by atoms with E-state index >= 15 is 0 Å². The van der Waals surface area contributed by atoms with Crippen molar-refractivity contribution in [2.75, 3.05) is 39.5 Å². The number of hydrogen-bond donors (Lipinski definition) is 1. The van der Waals surface area contributed by atoms with Crippen molar-refractivity contribution < 1.29 is 24.2 Å². The molecule has 0 amide bonds. The second-order valence-electron chi connectivity index (χ2n) is 19.4. The Kier molecular flexibility index (Phi) is 44.0. The standard InChI is InChI=1S/C53H105NO5/c1-6-9-12-15-18-21-24-27-33-42-52(57)59-49-53(4,5)43-35-30-37-45-54(46-38-47-55)44-36-29-28-34-41-51(56)58-48-50(39-31-25-22-19-16-13-10-7-2)40-32-26-23-20-17-14-11-8-3/h50,55H,6-49H2,1-5H3. The Balaban J connectivity index is 4.24. The third kappa shape index (κ3) is 43.3. The van der Waals surface area contributed by atoms with Crippen LogP contribution in [0.4, 0.5) is 0 Å². The van der Waals surface area contributed by atoms with E-state index in [0.717, 1.165) is 83.8 Å². The Hall–Kier alpha value is -1.14. The summed E-state index contributed by atoms with van der Waals surface area (Å²) >= 11 is 0. The zero-order valence-corrected chi connectivity index (χ0v) is 40.7. The summed E-state index contributed by atoms with van der Waals surface area (Å²) in [5.41, 5.74) is 0.0127. The summed E-state index contributed by atoms with van der Waals surface area (Å²) in [6.07, 6.45) is 46.0. The van der Waals surface area contributed by atoms with E-state index in [4.69, 9.17) is 9.47 Å². The molecule has 352 valence electrons. The van der Waals surface area contributed by atoms with Crippen LogP contribution >= 0.6 is 0 Å². The molecule has 59 heavy (non-hydrogen) atoms. The van der Waals surface area contributed by atoms with E-state index < -0.39 is 0 Å². The molecule has 1 N–H and O–H groups in total. The van der Waals surface area contributed by atoms with Crippen LogP contribution in [0, 0.1) is 11.3 Å². The van der Waals surface area contributed by atoms with Gasteiger partial charge in [0.2, 0.25) is 0 Å².